The van der Waals surface area contributed by atoms with Gasteiger partial charge in [0.1, 0.15) is 12.1 Å². The number of hydrogen-bond donors (Lipinski definition) is 0. The quantitative estimate of drug-likeness (QED) is 0.302. The summed E-state index contributed by atoms with van der Waals surface area (Å²) in [6, 6.07) is -0.944. The van der Waals surface area contributed by atoms with Crippen molar-refractivity contribution in [2.75, 3.05) is 52.3 Å². The van der Waals surface area contributed by atoms with E-state index in [2.05, 4.69) is 4.90 Å². The van der Waals surface area contributed by atoms with Gasteiger partial charge < -0.3 is 18.9 Å². The molecule has 3 fully saturated rings. The molecule has 6 atom stereocenters. The van der Waals surface area contributed by atoms with E-state index in [1.165, 1.54) is 12.0 Å². The fourth-order valence-electron chi connectivity index (χ4n) is 6.08. The summed E-state index contributed by atoms with van der Waals surface area (Å²) >= 11 is 1.54. The normalized spacial score (nSPS) is 29.8. The molecule has 0 aromatic carbocycles. The molecule has 1 saturated carbocycles. The smallest absolute Gasteiger partial charge is 0.410 e. The van der Waals surface area contributed by atoms with E-state index in [1.807, 2.05) is 6.92 Å². The SMILES string of the molecule is CCOC(=O)CS[C@H]1C[C@@H](C(=O)OCC)N(C[C@H]2CC[C@H]3CN(C(=O)OC)C(C(=O)OCC)CC3C2)C1. The molecule has 0 aromatic heterocycles. The van der Waals surface area contributed by atoms with Crippen LogP contribution in [0.5, 0.6) is 0 Å². The number of hydrogen-bond acceptors (Lipinski definition) is 10. The molecule has 2 aliphatic heterocycles. The summed E-state index contributed by atoms with van der Waals surface area (Å²) < 4.78 is 20.6. The Morgan fingerprint density at radius 3 is 2.14 bits per heavy atom. The van der Waals surface area contributed by atoms with Crippen molar-refractivity contribution in [1.82, 2.24) is 9.80 Å². The van der Waals surface area contributed by atoms with Gasteiger partial charge >= 0.3 is 24.0 Å². The van der Waals surface area contributed by atoms with E-state index in [0.29, 0.717) is 50.4 Å². The van der Waals surface area contributed by atoms with Crippen molar-refractivity contribution >= 4 is 35.8 Å². The first kappa shape index (κ1) is 29.5. The Morgan fingerprint density at radius 2 is 1.49 bits per heavy atom. The Hall–Kier alpha value is -2.01. The second-order valence-electron chi connectivity index (χ2n) is 10.0. The van der Waals surface area contributed by atoms with Crippen LogP contribution in [0.4, 0.5) is 4.79 Å². The fraction of sp³-hybridized carbons (Fsp3) is 0.846. The Balaban J connectivity index is 1.63. The predicted molar refractivity (Wildman–Crippen MR) is 138 cm³/mol. The van der Waals surface area contributed by atoms with E-state index >= 15 is 0 Å². The molecule has 0 N–H and O–H groups in total. The molecule has 2 saturated heterocycles. The molecule has 1 aliphatic carbocycles. The lowest BCUT2D eigenvalue weighted by molar-refractivity contribution is -0.153. The van der Waals surface area contributed by atoms with Crippen molar-refractivity contribution in [2.24, 2.45) is 17.8 Å². The number of fused-ring (bicyclic) bond motifs is 1. The lowest BCUT2D eigenvalue weighted by atomic mass is 9.69. The van der Waals surface area contributed by atoms with Crippen LogP contribution in [0.25, 0.3) is 0 Å². The van der Waals surface area contributed by atoms with Gasteiger partial charge in [-0.3, -0.25) is 19.4 Å². The number of esters is 3. The van der Waals surface area contributed by atoms with Gasteiger partial charge in [0, 0.05) is 24.9 Å². The molecule has 210 valence electrons. The molecule has 2 heterocycles. The highest BCUT2D eigenvalue weighted by molar-refractivity contribution is 8.00. The number of piperidine rings is 1. The van der Waals surface area contributed by atoms with E-state index in [4.69, 9.17) is 18.9 Å². The highest BCUT2D eigenvalue weighted by Gasteiger charge is 2.46. The first-order valence-corrected chi connectivity index (χ1v) is 14.5. The van der Waals surface area contributed by atoms with Gasteiger partial charge in [-0.2, -0.15) is 0 Å². The molecule has 11 heteroatoms. The molecular formula is C26H42N2O8S. The molecule has 0 radical (unpaired) electrons. The van der Waals surface area contributed by atoms with Gasteiger partial charge in [0.05, 0.1) is 32.7 Å². The second-order valence-corrected chi connectivity index (χ2v) is 11.3. The molecule has 10 nitrogen and oxygen atoms in total. The van der Waals surface area contributed by atoms with E-state index in [0.717, 1.165) is 32.4 Å². The van der Waals surface area contributed by atoms with Crippen molar-refractivity contribution in [2.45, 2.75) is 70.2 Å². The first-order valence-electron chi connectivity index (χ1n) is 13.5. The summed E-state index contributed by atoms with van der Waals surface area (Å²) in [5.41, 5.74) is 0. The van der Waals surface area contributed by atoms with Gasteiger partial charge in [-0.15, -0.1) is 11.8 Å². The Morgan fingerprint density at radius 1 is 0.811 bits per heavy atom. The predicted octanol–water partition coefficient (Wildman–Crippen LogP) is 2.73. The van der Waals surface area contributed by atoms with Crippen LogP contribution in [0.15, 0.2) is 0 Å². The zero-order valence-corrected chi connectivity index (χ0v) is 23.3. The van der Waals surface area contributed by atoms with Crippen LogP contribution < -0.4 is 0 Å². The van der Waals surface area contributed by atoms with Gasteiger partial charge in [0.15, 0.2) is 0 Å². The van der Waals surface area contributed by atoms with Crippen molar-refractivity contribution in [3.05, 3.63) is 0 Å². The lowest BCUT2D eigenvalue weighted by Crippen LogP contribution is -2.55. The number of ether oxygens (including phenoxy) is 4. The maximum Gasteiger partial charge on any atom is 0.410 e. The molecule has 3 aliphatic rings. The zero-order chi connectivity index (χ0) is 26.9. The largest absolute Gasteiger partial charge is 0.465 e. The Labute approximate surface area is 224 Å². The Bertz CT molecular complexity index is 811. The van der Waals surface area contributed by atoms with Crippen LogP contribution in [0.2, 0.25) is 0 Å². The third-order valence-corrected chi connectivity index (χ3v) is 8.92. The number of amides is 1. The summed E-state index contributed by atoms with van der Waals surface area (Å²) in [6.45, 7) is 8.31. The van der Waals surface area contributed by atoms with E-state index in [9.17, 15) is 19.2 Å². The maximum atomic E-state index is 12.8. The van der Waals surface area contributed by atoms with Gasteiger partial charge in [-0.1, -0.05) is 0 Å². The fourth-order valence-corrected chi connectivity index (χ4v) is 7.15. The van der Waals surface area contributed by atoms with Crippen molar-refractivity contribution in [3.8, 4) is 0 Å². The summed E-state index contributed by atoms with van der Waals surface area (Å²) in [5, 5.41) is 0.159. The van der Waals surface area contributed by atoms with Crippen LogP contribution in [0.1, 0.15) is 52.9 Å². The number of rotatable bonds is 10. The third-order valence-electron chi connectivity index (χ3n) is 7.71. The summed E-state index contributed by atoms with van der Waals surface area (Å²) in [4.78, 5) is 53.4. The second kappa shape index (κ2) is 14.2. The average molecular weight is 543 g/mol. The number of carbonyl (C=O) groups is 4. The highest BCUT2D eigenvalue weighted by atomic mass is 32.2. The monoisotopic (exact) mass is 542 g/mol. The van der Waals surface area contributed by atoms with Crippen LogP contribution in [0, 0.1) is 17.8 Å². The molecule has 0 aromatic rings. The van der Waals surface area contributed by atoms with E-state index in [1.54, 1.807) is 25.6 Å². The number of likely N-dealkylation sites (tertiary alicyclic amines) is 2. The standard InChI is InChI=1S/C26H42N2O8S/c1-5-34-23(29)16-37-20-12-21(24(30)35-6-2)27(15-20)13-17-8-9-18-14-28(26(32)33-4)22(11-19(18)10-17)25(31)36-7-3/h17-22H,5-16H2,1-4H3/t17-,18-,19?,20-,21-,22?/m0/s1. The highest BCUT2D eigenvalue weighted by Crippen LogP contribution is 2.42. The summed E-state index contributed by atoms with van der Waals surface area (Å²) in [7, 11) is 1.34. The molecule has 3 rings (SSSR count). The molecule has 0 bridgehead atoms. The molecule has 0 spiro atoms. The van der Waals surface area contributed by atoms with Crippen LogP contribution in [-0.4, -0.2) is 103 Å². The lowest BCUT2D eigenvalue weighted by Gasteiger charge is -2.46. The van der Waals surface area contributed by atoms with Gasteiger partial charge in [-0.25, -0.2) is 9.59 Å². The molecule has 1 amide bonds. The third kappa shape index (κ3) is 7.75. The minimum Gasteiger partial charge on any atom is -0.465 e. The molecule has 37 heavy (non-hydrogen) atoms. The number of methoxy groups -OCH3 is 1. The molecular weight excluding hydrogens is 500 g/mol. The summed E-state index contributed by atoms with van der Waals surface area (Å²) in [5.74, 6) is 0.452. The minimum absolute atomic E-state index is 0.159. The average Bonchev–Trinajstić information content (AvgIpc) is 3.29. The van der Waals surface area contributed by atoms with Crippen LogP contribution >= 0.6 is 11.8 Å². The zero-order valence-electron chi connectivity index (χ0n) is 22.5. The van der Waals surface area contributed by atoms with Gasteiger partial charge in [0.2, 0.25) is 0 Å². The number of carbonyl (C=O) groups excluding carboxylic acids is 4. The maximum absolute atomic E-state index is 12.8. The topological polar surface area (TPSA) is 112 Å². The van der Waals surface area contributed by atoms with Crippen molar-refractivity contribution in [3.63, 3.8) is 0 Å². The number of thioether (sulfide) groups is 1. The minimum atomic E-state index is -0.630. The van der Waals surface area contributed by atoms with Crippen LogP contribution in [-0.2, 0) is 33.3 Å². The van der Waals surface area contributed by atoms with Crippen molar-refractivity contribution < 1.29 is 38.1 Å². The first-order chi connectivity index (χ1) is 17.8. The van der Waals surface area contributed by atoms with E-state index < -0.39 is 12.1 Å². The molecule has 2 unspecified atom stereocenters. The number of nitrogens with zero attached hydrogens (tertiary/aromatic N) is 2. The Kier molecular flexibility index (Phi) is 11.4. The van der Waals surface area contributed by atoms with Crippen molar-refractivity contribution in [1.29, 1.82) is 0 Å². The van der Waals surface area contributed by atoms with Gasteiger partial charge in [-0.05, 0) is 70.6 Å². The van der Waals surface area contributed by atoms with Crippen LogP contribution in [0.3, 0.4) is 0 Å². The van der Waals surface area contributed by atoms with Gasteiger partial charge in [0.25, 0.3) is 0 Å². The summed E-state index contributed by atoms with van der Waals surface area (Å²) in [6.07, 6.45) is 3.61. The van der Waals surface area contributed by atoms with E-state index in [-0.39, 0.29) is 41.6 Å².